The van der Waals surface area contributed by atoms with Crippen molar-refractivity contribution in [2.24, 2.45) is 4.99 Å². The van der Waals surface area contributed by atoms with Gasteiger partial charge in [-0.3, -0.25) is 9.79 Å². The summed E-state index contributed by atoms with van der Waals surface area (Å²) in [6.45, 7) is 3.26. The summed E-state index contributed by atoms with van der Waals surface area (Å²) >= 11 is 11.7. The number of hydrogen-bond donors (Lipinski definition) is 3. The number of nitrogens with one attached hydrogen (secondary N) is 3. The Kier molecular flexibility index (Phi) is 7.55. The monoisotopic (exact) mass is 420 g/mol. The van der Waals surface area contributed by atoms with Crippen molar-refractivity contribution in [2.75, 3.05) is 31.1 Å². The smallest absolute Gasteiger partial charge is 0.251 e. The summed E-state index contributed by atoms with van der Waals surface area (Å²) in [6, 6.07) is 4.54. The Balaban J connectivity index is 1.83. The van der Waals surface area contributed by atoms with E-state index >= 15 is 0 Å². The van der Waals surface area contributed by atoms with E-state index in [4.69, 9.17) is 23.2 Å². The number of carbonyl (C=O) groups is 1. The van der Waals surface area contributed by atoms with Crippen LogP contribution in [0, 0.1) is 0 Å². The van der Waals surface area contributed by atoms with Gasteiger partial charge in [0, 0.05) is 24.7 Å². The minimum Gasteiger partial charge on any atom is -0.357 e. The van der Waals surface area contributed by atoms with Crippen LogP contribution in [0.1, 0.15) is 23.7 Å². The van der Waals surface area contributed by atoms with E-state index in [1.807, 2.05) is 6.92 Å². The standard InChI is InChI=1S/C16H22Cl2N4O3S/c1-2-19-16(22-12-5-8-26(24,25)10-12)21-7-6-20-15(23)11-3-4-13(17)14(18)9-11/h3-4,9,12H,2,5-8,10H2,1H3,(H,20,23)(H2,19,21,22). The zero-order valence-electron chi connectivity index (χ0n) is 14.4. The predicted octanol–water partition coefficient (Wildman–Crippen LogP) is 1.47. The minimum absolute atomic E-state index is 0.117. The molecule has 1 heterocycles. The summed E-state index contributed by atoms with van der Waals surface area (Å²) in [5.41, 5.74) is 0.421. The van der Waals surface area contributed by atoms with Gasteiger partial charge < -0.3 is 16.0 Å². The highest BCUT2D eigenvalue weighted by molar-refractivity contribution is 7.91. The van der Waals surface area contributed by atoms with Gasteiger partial charge >= 0.3 is 0 Å². The Bertz CT molecular complexity index is 784. The fourth-order valence-electron chi connectivity index (χ4n) is 2.50. The van der Waals surface area contributed by atoms with Gasteiger partial charge in [0.15, 0.2) is 15.8 Å². The van der Waals surface area contributed by atoms with Crippen LogP contribution < -0.4 is 16.0 Å². The van der Waals surface area contributed by atoms with Crippen LogP contribution in [0.2, 0.25) is 10.0 Å². The van der Waals surface area contributed by atoms with Crippen molar-refractivity contribution >= 4 is 44.9 Å². The van der Waals surface area contributed by atoms with Crippen LogP contribution in [0.25, 0.3) is 0 Å². The van der Waals surface area contributed by atoms with E-state index in [2.05, 4.69) is 20.9 Å². The van der Waals surface area contributed by atoms with E-state index in [0.29, 0.717) is 47.6 Å². The normalized spacial score (nSPS) is 19.2. The Morgan fingerprint density at radius 3 is 2.65 bits per heavy atom. The molecule has 10 heteroatoms. The second-order valence-electron chi connectivity index (χ2n) is 5.89. The summed E-state index contributed by atoms with van der Waals surface area (Å²) in [7, 11) is -2.95. The van der Waals surface area contributed by atoms with Gasteiger partial charge in [-0.05, 0) is 31.5 Å². The van der Waals surface area contributed by atoms with Crippen molar-refractivity contribution in [3.63, 3.8) is 0 Å². The molecule has 144 valence electrons. The first-order valence-electron chi connectivity index (χ1n) is 8.29. The number of nitrogens with zero attached hydrogens (tertiary/aromatic N) is 1. The first-order chi connectivity index (χ1) is 12.3. The molecule has 1 aliphatic rings. The van der Waals surface area contributed by atoms with Crippen molar-refractivity contribution in [1.29, 1.82) is 0 Å². The van der Waals surface area contributed by atoms with Crippen LogP contribution in [0.5, 0.6) is 0 Å². The molecule has 2 rings (SSSR count). The second-order valence-corrected chi connectivity index (χ2v) is 8.93. The maximum atomic E-state index is 12.1. The highest BCUT2D eigenvalue weighted by Gasteiger charge is 2.28. The zero-order valence-corrected chi connectivity index (χ0v) is 16.7. The van der Waals surface area contributed by atoms with E-state index in [1.54, 1.807) is 12.1 Å². The molecule has 1 amide bonds. The maximum absolute atomic E-state index is 12.1. The molecule has 1 aliphatic heterocycles. The van der Waals surface area contributed by atoms with E-state index in [0.717, 1.165) is 0 Å². The van der Waals surface area contributed by atoms with Gasteiger partial charge in [0.2, 0.25) is 0 Å². The van der Waals surface area contributed by atoms with Crippen LogP contribution in [0.4, 0.5) is 0 Å². The maximum Gasteiger partial charge on any atom is 0.251 e. The Labute approximate surface area is 163 Å². The summed E-state index contributed by atoms with van der Waals surface area (Å²) in [4.78, 5) is 16.4. The molecule has 0 aromatic heterocycles. The lowest BCUT2D eigenvalue weighted by molar-refractivity contribution is 0.0955. The average molecular weight is 421 g/mol. The van der Waals surface area contributed by atoms with Gasteiger partial charge in [0.1, 0.15) is 0 Å². The number of aliphatic imine (C=N–C) groups is 1. The molecule has 26 heavy (non-hydrogen) atoms. The fraction of sp³-hybridized carbons (Fsp3) is 0.500. The molecule has 1 atom stereocenters. The minimum atomic E-state index is -2.95. The number of halogens is 2. The zero-order chi connectivity index (χ0) is 19.2. The van der Waals surface area contributed by atoms with Crippen molar-refractivity contribution < 1.29 is 13.2 Å². The lowest BCUT2D eigenvalue weighted by Crippen LogP contribution is -2.44. The van der Waals surface area contributed by atoms with Crippen molar-refractivity contribution in [3.05, 3.63) is 33.8 Å². The summed E-state index contributed by atoms with van der Waals surface area (Å²) in [6.07, 6.45) is 0.570. The number of benzene rings is 1. The summed E-state index contributed by atoms with van der Waals surface area (Å²) in [5.74, 6) is 0.590. The average Bonchev–Trinajstić information content (AvgIpc) is 2.92. The van der Waals surface area contributed by atoms with Gasteiger partial charge in [-0.25, -0.2) is 8.42 Å². The highest BCUT2D eigenvalue weighted by atomic mass is 35.5. The Morgan fingerprint density at radius 1 is 1.27 bits per heavy atom. The number of amides is 1. The molecule has 1 aromatic rings. The van der Waals surface area contributed by atoms with Crippen LogP contribution >= 0.6 is 23.2 Å². The largest absolute Gasteiger partial charge is 0.357 e. The van der Waals surface area contributed by atoms with Gasteiger partial charge in [-0.1, -0.05) is 23.2 Å². The van der Waals surface area contributed by atoms with Gasteiger partial charge in [-0.15, -0.1) is 0 Å². The van der Waals surface area contributed by atoms with Crippen LogP contribution in [-0.4, -0.2) is 57.5 Å². The SMILES string of the molecule is CCNC(=NCCNC(=O)c1ccc(Cl)c(Cl)c1)NC1CCS(=O)(=O)C1. The van der Waals surface area contributed by atoms with E-state index in [1.165, 1.54) is 6.07 Å². The number of carbonyl (C=O) groups excluding carboxylic acids is 1. The number of guanidine groups is 1. The molecule has 0 radical (unpaired) electrons. The third-order valence-electron chi connectivity index (χ3n) is 3.77. The summed E-state index contributed by atoms with van der Waals surface area (Å²) in [5, 5.41) is 9.65. The molecule has 0 spiro atoms. The summed E-state index contributed by atoms with van der Waals surface area (Å²) < 4.78 is 23.1. The lowest BCUT2D eigenvalue weighted by Gasteiger charge is -2.15. The van der Waals surface area contributed by atoms with E-state index in [-0.39, 0.29) is 23.5 Å². The molecule has 1 fully saturated rings. The molecular formula is C16H22Cl2N4O3S. The fourth-order valence-corrected chi connectivity index (χ4v) is 4.47. The molecule has 3 N–H and O–H groups in total. The first kappa shape index (κ1) is 20.8. The molecule has 1 aromatic carbocycles. The second kappa shape index (κ2) is 9.43. The third-order valence-corrected chi connectivity index (χ3v) is 6.27. The number of hydrogen-bond acceptors (Lipinski definition) is 4. The van der Waals surface area contributed by atoms with Gasteiger partial charge in [0.05, 0.1) is 28.1 Å². The predicted molar refractivity (Wildman–Crippen MR) is 105 cm³/mol. The Morgan fingerprint density at radius 2 is 2.04 bits per heavy atom. The van der Waals surface area contributed by atoms with Gasteiger partial charge in [0.25, 0.3) is 5.91 Å². The molecular weight excluding hydrogens is 399 g/mol. The van der Waals surface area contributed by atoms with Crippen molar-refractivity contribution in [3.8, 4) is 0 Å². The van der Waals surface area contributed by atoms with E-state index in [9.17, 15) is 13.2 Å². The topological polar surface area (TPSA) is 99.7 Å². The molecule has 0 aliphatic carbocycles. The van der Waals surface area contributed by atoms with Crippen LogP contribution in [0.3, 0.4) is 0 Å². The highest BCUT2D eigenvalue weighted by Crippen LogP contribution is 2.22. The van der Waals surface area contributed by atoms with Crippen LogP contribution in [-0.2, 0) is 9.84 Å². The third kappa shape index (κ3) is 6.34. The number of rotatable bonds is 6. The Hall–Kier alpha value is -1.51. The first-order valence-corrected chi connectivity index (χ1v) is 10.9. The molecule has 0 bridgehead atoms. The molecule has 1 saturated heterocycles. The molecule has 0 saturated carbocycles. The molecule has 7 nitrogen and oxygen atoms in total. The van der Waals surface area contributed by atoms with Crippen molar-refractivity contribution in [2.45, 2.75) is 19.4 Å². The van der Waals surface area contributed by atoms with Crippen LogP contribution in [0.15, 0.2) is 23.2 Å². The van der Waals surface area contributed by atoms with E-state index < -0.39 is 9.84 Å². The van der Waals surface area contributed by atoms with Gasteiger partial charge in [-0.2, -0.15) is 0 Å². The quantitative estimate of drug-likeness (QED) is 0.367. The number of sulfone groups is 1. The lowest BCUT2D eigenvalue weighted by atomic mass is 10.2. The molecule has 1 unspecified atom stereocenters. The van der Waals surface area contributed by atoms with Crippen molar-refractivity contribution in [1.82, 2.24) is 16.0 Å².